The summed E-state index contributed by atoms with van der Waals surface area (Å²) in [5.41, 5.74) is 4.20. The van der Waals surface area contributed by atoms with E-state index in [4.69, 9.17) is 0 Å². The van der Waals surface area contributed by atoms with Gasteiger partial charge < -0.3 is 5.32 Å². The molecule has 0 spiro atoms. The molecule has 0 saturated heterocycles. The number of carbonyl (C=O) groups is 2. The van der Waals surface area contributed by atoms with Gasteiger partial charge in [0.25, 0.3) is 0 Å². The Morgan fingerprint density at radius 1 is 1.06 bits per heavy atom. The minimum atomic E-state index is -0.489. The summed E-state index contributed by atoms with van der Waals surface area (Å²) in [6.07, 6.45) is 5.15. The summed E-state index contributed by atoms with van der Waals surface area (Å²) >= 11 is 1.25. The third kappa shape index (κ3) is 6.19. The second kappa shape index (κ2) is 11.6. The van der Waals surface area contributed by atoms with Crippen LogP contribution in [0.25, 0.3) is 17.1 Å². The topological polar surface area (TPSA) is 102 Å². The number of thioether (sulfide) groups is 1. The van der Waals surface area contributed by atoms with Crippen LogP contribution in [0.15, 0.2) is 47.9 Å². The number of para-hydroxylation sites is 1. The summed E-state index contributed by atoms with van der Waals surface area (Å²) in [7, 11) is 0. The van der Waals surface area contributed by atoms with Gasteiger partial charge in [-0.05, 0) is 42.0 Å². The Hall–Kier alpha value is -3.20. The first kappa shape index (κ1) is 24.4. The van der Waals surface area contributed by atoms with Gasteiger partial charge in [0.05, 0.1) is 11.4 Å². The summed E-state index contributed by atoms with van der Waals surface area (Å²) in [5, 5.41) is 14.5. The van der Waals surface area contributed by atoms with Crippen molar-refractivity contribution in [2.24, 2.45) is 5.92 Å². The number of carbonyl (C=O) groups excluding carboxylic acids is 2. The molecule has 3 rings (SSSR count). The lowest BCUT2D eigenvalue weighted by Gasteiger charge is -2.17. The van der Waals surface area contributed by atoms with Crippen LogP contribution in [0.2, 0.25) is 0 Å². The number of benzene rings is 1. The minimum Gasteiger partial charge on any atom is -0.338 e. The van der Waals surface area contributed by atoms with Crippen LogP contribution in [0.1, 0.15) is 38.8 Å². The van der Waals surface area contributed by atoms with Crippen molar-refractivity contribution in [1.82, 2.24) is 30.4 Å². The predicted molar refractivity (Wildman–Crippen MR) is 130 cm³/mol. The quantitative estimate of drug-likeness (QED) is 0.462. The molecule has 2 N–H and O–H groups in total. The maximum absolute atomic E-state index is 12.4. The van der Waals surface area contributed by atoms with Gasteiger partial charge in [-0.2, -0.15) is 0 Å². The van der Waals surface area contributed by atoms with E-state index in [-0.39, 0.29) is 5.75 Å². The van der Waals surface area contributed by atoms with Crippen LogP contribution < -0.4 is 10.6 Å². The van der Waals surface area contributed by atoms with Crippen LogP contribution in [-0.2, 0) is 17.6 Å². The molecule has 174 valence electrons. The van der Waals surface area contributed by atoms with E-state index in [1.165, 1.54) is 22.9 Å². The lowest BCUT2D eigenvalue weighted by atomic mass is 10.0. The SMILES string of the molecule is CCc1cccc(CC)c1-n1c(SCC(=O)NC(=O)NCC(C)C)nnc1-c1cccnc1. The van der Waals surface area contributed by atoms with Gasteiger partial charge in [0.15, 0.2) is 11.0 Å². The molecule has 3 aromatic rings. The van der Waals surface area contributed by atoms with Gasteiger partial charge in [-0.15, -0.1) is 10.2 Å². The Bertz CT molecular complexity index is 1080. The molecular formula is C24H30N6O2S. The monoisotopic (exact) mass is 466 g/mol. The Balaban J connectivity index is 1.92. The molecule has 8 nitrogen and oxygen atoms in total. The second-order valence-corrected chi connectivity index (χ2v) is 8.90. The normalized spacial score (nSPS) is 10.9. The van der Waals surface area contributed by atoms with Crippen molar-refractivity contribution < 1.29 is 9.59 Å². The third-order valence-corrected chi connectivity index (χ3v) is 5.93. The van der Waals surface area contributed by atoms with Crippen LogP contribution in [0.4, 0.5) is 4.79 Å². The number of hydrogen-bond acceptors (Lipinski definition) is 6. The number of aryl methyl sites for hydroxylation is 2. The Kier molecular flexibility index (Phi) is 8.59. The summed E-state index contributed by atoms with van der Waals surface area (Å²) in [5.74, 6) is 0.612. The zero-order valence-electron chi connectivity index (χ0n) is 19.5. The maximum Gasteiger partial charge on any atom is 0.321 e. The summed E-state index contributed by atoms with van der Waals surface area (Å²) in [6, 6.07) is 9.57. The van der Waals surface area contributed by atoms with Crippen molar-refractivity contribution >= 4 is 23.7 Å². The number of nitrogens with one attached hydrogen (secondary N) is 2. The minimum absolute atomic E-state index is 0.0377. The van der Waals surface area contributed by atoms with Crippen LogP contribution >= 0.6 is 11.8 Å². The highest BCUT2D eigenvalue weighted by Gasteiger charge is 2.21. The number of hydrogen-bond donors (Lipinski definition) is 2. The van der Waals surface area contributed by atoms with Gasteiger partial charge in [0.1, 0.15) is 0 Å². The van der Waals surface area contributed by atoms with Gasteiger partial charge in [-0.25, -0.2) is 4.79 Å². The van der Waals surface area contributed by atoms with Gasteiger partial charge >= 0.3 is 6.03 Å². The lowest BCUT2D eigenvalue weighted by molar-refractivity contribution is -0.117. The van der Waals surface area contributed by atoms with Gasteiger partial charge in [0.2, 0.25) is 5.91 Å². The number of amides is 3. The standard InChI is InChI=1S/C24H30N6O2S/c1-5-17-9-7-10-18(6-2)21(17)30-22(19-11-8-12-25-14-19)28-29-24(30)33-15-20(31)27-23(32)26-13-16(3)4/h7-12,14,16H,5-6,13,15H2,1-4H3,(H2,26,27,31,32). The van der Waals surface area contributed by atoms with E-state index in [1.807, 2.05) is 30.5 Å². The molecule has 2 aromatic heterocycles. The molecule has 0 aliphatic carbocycles. The van der Waals surface area contributed by atoms with E-state index in [9.17, 15) is 9.59 Å². The van der Waals surface area contributed by atoms with Crippen molar-refractivity contribution in [3.63, 3.8) is 0 Å². The van der Waals surface area contributed by atoms with Crippen LogP contribution in [-0.4, -0.2) is 44.0 Å². The molecule has 1 aromatic carbocycles. The van der Waals surface area contributed by atoms with E-state index < -0.39 is 11.9 Å². The van der Waals surface area contributed by atoms with Crippen LogP contribution in [0.5, 0.6) is 0 Å². The fraction of sp³-hybridized carbons (Fsp3) is 0.375. The van der Waals surface area contributed by atoms with Gasteiger partial charge in [0, 0.05) is 24.5 Å². The van der Waals surface area contributed by atoms with Crippen molar-refractivity contribution in [3.05, 3.63) is 53.9 Å². The smallest absolute Gasteiger partial charge is 0.321 e. The highest BCUT2D eigenvalue weighted by Crippen LogP contribution is 2.32. The van der Waals surface area contributed by atoms with Crippen LogP contribution in [0, 0.1) is 5.92 Å². The highest BCUT2D eigenvalue weighted by molar-refractivity contribution is 7.99. The van der Waals surface area contributed by atoms with Crippen LogP contribution in [0.3, 0.4) is 0 Å². The number of nitrogens with zero attached hydrogens (tertiary/aromatic N) is 4. The zero-order chi connectivity index (χ0) is 23.8. The molecule has 0 saturated carbocycles. The first-order valence-electron chi connectivity index (χ1n) is 11.1. The van der Waals surface area contributed by atoms with Crippen molar-refractivity contribution in [2.45, 2.75) is 45.7 Å². The molecule has 2 heterocycles. The predicted octanol–water partition coefficient (Wildman–Crippen LogP) is 4.03. The van der Waals surface area contributed by atoms with E-state index in [1.54, 1.807) is 12.4 Å². The van der Waals surface area contributed by atoms with E-state index in [2.05, 4.69) is 57.9 Å². The van der Waals surface area contributed by atoms with E-state index >= 15 is 0 Å². The molecule has 0 aliphatic heterocycles. The first-order chi connectivity index (χ1) is 15.9. The lowest BCUT2D eigenvalue weighted by Crippen LogP contribution is -2.41. The fourth-order valence-corrected chi connectivity index (χ4v) is 4.12. The average Bonchev–Trinajstić information content (AvgIpc) is 3.24. The molecule has 0 atom stereocenters. The first-order valence-corrected chi connectivity index (χ1v) is 12.1. The number of pyridine rings is 1. The van der Waals surface area contributed by atoms with E-state index in [0.29, 0.717) is 23.4 Å². The van der Waals surface area contributed by atoms with Crippen molar-refractivity contribution in [1.29, 1.82) is 0 Å². The molecule has 0 aliphatic rings. The largest absolute Gasteiger partial charge is 0.338 e. The maximum atomic E-state index is 12.4. The number of rotatable bonds is 9. The number of aromatic nitrogens is 4. The third-order valence-electron chi connectivity index (χ3n) is 5.00. The van der Waals surface area contributed by atoms with Crippen molar-refractivity contribution in [2.75, 3.05) is 12.3 Å². The summed E-state index contributed by atoms with van der Waals surface area (Å²) in [4.78, 5) is 28.5. The Labute approximate surface area is 198 Å². The zero-order valence-corrected chi connectivity index (χ0v) is 20.3. The highest BCUT2D eigenvalue weighted by atomic mass is 32.2. The second-order valence-electron chi connectivity index (χ2n) is 7.96. The molecule has 0 unspecified atom stereocenters. The molecule has 0 radical (unpaired) electrons. The summed E-state index contributed by atoms with van der Waals surface area (Å²) < 4.78 is 2.01. The van der Waals surface area contributed by atoms with Crippen molar-refractivity contribution in [3.8, 4) is 17.1 Å². The molecular weight excluding hydrogens is 436 g/mol. The molecule has 0 fully saturated rings. The fourth-order valence-electron chi connectivity index (χ4n) is 3.38. The summed E-state index contributed by atoms with van der Waals surface area (Å²) in [6.45, 7) is 8.71. The Morgan fingerprint density at radius 3 is 2.39 bits per heavy atom. The number of urea groups is 1. The van der Waals surface area contributed by atoms with Gasteiger partial charge in [-0.1, -0.05) is 57.7 Å². The number of imide groups is 1. The molecule has 33 heavy (non-hydrogen) atoms. The van der Waals surface area contributed by atoms with E-state index in [0.717, 1.165) is 24.1 Å². The Morgan fingerprint density at radius 2 is 1.79 bits per heavy atom. The average molecular weight is 467 g/mol. The molecule has 3 amide bonds. The molecule has 0 bridgehead atoms. The molecule has 9 heteroatoms. The van der Waals surface area contributed by atoms with Gasteiger partial charge in [-0.3, -0.25) is 19.7 Å².